The van der Waals surface area contributed by atoms with Gasteiger partial charge in [0.2, 0.25) is 0 Å². The Bertz CT molecular complexity index is 914. The molecule has 0 spiro atoms. The normalized spacial score (nSPS) is 14.4. The van der Waals surface area contributed by atoms with Crippen molar-refractivity contribution in [2.45, 2.75) is 25.4 Å². The van der Waals surface area contributed by atoms with E-state index in [0.29, 0.717) is 5.69 Å². The number of benzene rings is 2. The van der Waals surface area contributed by atoms with Crippen LogP contribution in [0.5, 0.6) is 0 Å². The van der Waals surface area contributed by atoms with Gasteiger partial charge in [0.25, 0.3) is 5.91 Å². The summed E-state index contributed by atoms with van der Waals surface area (Å²) in [5.41, 5.74) is 0.248. The molecule has 4 nitrogen and oxygen atoms in total. The first-order chi connectivity index (χ1) is 13.8. The van der Waals surface area contributed by atoms with Crippen molar-refractivity contribution in [1.29, 1.82) is 0 Å². The molecule has 1 saturated heterocycles. The number of carbonyl (C=O) groups is 1. The van der Waals surface area contributed by atoms with E-state index in [0.717, 1.165) is 44.5 Å². The number of rotatable bonds is 3. The summed E-state index contributed by atoms with van der Waals surface area (Å²) in [5, 5.41) is 5.37. The molecular weight excluding hydrogens is 423 g/mol. The second-order valence-corrected chi connectivity index (χ2v) is 7.48. The van der Waals surface area contributed by atoms with E-state index in [2.05, 4.69) is 10.6 Å². The molecule has 0 unspecified atom stereocenters. The van der Waals surface area contributed by atoms with Crippen LogP contribution in [0.4, 0.5) is 24.5 Å². The van der Waals surface area contributed by atoms with E-state index in [-0.39, 0.29) is 21.4 Å². The van der Waals surface area contributed by atoms with Crippen LogP contribution in [0.25, 0.3) is 0 Å². The predicted molar refractivity (Wildman–Crippen MR) is 113 cm³/mol. The number of carbonyl (C=O) groups excluding carboxylic acids is 1. The molecule has 2 aromatic carbocycles. The summed E-state index contributed by atoms with van der Waals surface area (Å²) < 4.78 is 39.6. The van der Waals surface area contributed by atoms with E-state index in [4.69, 9.17) is 23.8 Å². The number of thiocarbonyl (C=S) groups is 1. The number of anilines is 2. The maximum absolute atomic E-state index is 13.2. The maximum atomic E-state index is 13.2. The Morgan fingerprint density at radius 1 is 1.07 bits per heavy atom. The predicted octanol–water partition coefficient (Wildman–Crippen LogP) is 5.48. The first-order valence-corrected chi connectivity index (χ1v) is 9.87. The van der Waals surface area contributed by atoms with E-state index in [1.807, 2.05) is 4.90 Å². The van der Waals surface area contributed by atoms with Crippen molar-refractivity contribution in [3.05, 3.63) is 58.6 Å². The topological polar surface area (TPSA) is 44.4 Å². The lowest BCUT2D eigenvalue weighted by atomic mass is 10.1. The quantitative estimate of drug-likeness (QED) is 0.619. The number of hydrogen-bond donors (Lipinski definition) is 2. The Morgan fingerprint density at radius 3 is 2.41 bits per heavy atom. The van der Waals surface area contributed by atoms with E-state index in [1.165, 1.54) is 12.1 Å². The van der Waals surface area contributed by atoms with Crippen molar-refractivity contribution >= 4 is 46.2 Å². The van der Waals surface area contributed by atoms with Crippen molar-refractivity contribution in [2.75, 3.05) is 23.3 Å². The first kappa shape index (κ1) is 21.4. The van der Waals surface area contributed by atoms with Crippen molar-refractivity contribution in [3.63, 3.8) is 0 Å². The lowest BCUT2D eigenvalue weighted by Crippen LogP contribution is -2.35. The summed E-state index contributed by atoms with van der Waals surface area (Å²) in [5.74, 6) is -0.542. The van der Waals surface area contributed by atoms with Crippen molar-refractivity contribution in [3.8, 4) is 0 Å². The highest BCUT2D eigenvalue weighted by Crippen LogP contribution is 2.36. The summed E-state index contributed by atoms with van der Waals surface area (Å²) in [6.45, 7) is 1.50. The zero-order chi connectivity index (χ0) is 21.0. The third-order valence-corrected chi connectivity index (χ3v) is 5.15. The fraction of sp³-hybridized carbons (Fsp3) is 0.300. The molecule has 1 amide bonds. The minimum atomic E-state index is -4.49. The number of halogens is 4. The van der Waals surface area contributed by atoms with Gasteiger partial charge in [0.15, 0.2) is 5.11 Å². The highest BCUT2D eigenvalue weighted by molar-refractivity contribution is 7.80. The molecule has 0 aromatic heterocycles. The molecule has 29 heavy (non-hydrogen) atoms. The molecule has 1 aliphatic heterocycles. The van der Waals surface area contributed by atoms with Gasteiger partial charge in [-0.05, 0) is 61.8 Å². The van der Waals surface area contributed by atoms with Gasteiger partial charge in [-0.2, -0.15) is 13.2 Å². The van der Waals surface area contributed by atoms with Gasteiger partial charge in [0, 0.05) is 13.1 Å². The molecule has 3 rings (SSSR count). The lowest BCUT2D eigenvalue weighted by molar-refractivity contribution is -0.137. The molecular formula is C20H19ClF3N3OS. The van der Waals surface area contributed by atoms with Crippen molar-refractivity contribution < 1.29 is 18.0 Å². The summed E-state index contributed by atoms with van der Waals surface area (Å²) in [6.07, 6.45) is -1.46. The molecule has 0 radical (unpaired) electrons. The average molecular weight is 442 g/mol. The Hall–Kier alpha value is -2.32. The Kier molecular flexibility index (Phi) is 6.64. The van der Waals surface area contributed by atoms with Crippen LogP contribution in [0.15, 0.2) is 42.5 Å². The van der Waals surface area contributed by atoms with Crippen molar-refractivity contribution in [1.82, 2.24) is 5.32 Å². The van der Waals surface area contributed by atoms with Gasteiger partial charge in [-0.3, -0.25) is 10.1 Å². The van der Waals surface area contributed by atoms with Gasteiger partial charge in [0.1, 0.15) is 0 Å². The van der Waals surface area contributed by atoms with Crippen LogP contribution in [0, 0.1) is 0 Å². The molecule has 9 heteroatoms. The molecule has 1 aliphatic rings. The highest BCUT2D eigenvalue weighted by Gasteiger charge is 2.31. The Labute approximate surface area is 177 Å². The lowest BCUT2D eigenvalue weighted by Gasteiger charge is -2.31. The molecule has 0 bridgehead atoms. The van der Waals surface area contributed by atoms with Crippen LogP contribution in [-0.4, -0.2) is 24.1 Å². The molecule has 0 atom stereocenters. The summed E-state index contributed by atoms with van der Waals surface area (Å²) in [7, 11) is 0. The highest BCUT2D eigenvalue weighted by atomic mass is 35.5. The molecule has 0 saturated carbocycles. The van der Waals surface area contributed by atoms with Gasteiger partial charge in [-0.15, -0.1) is 0 Å². The van der Waals surface area contributed by atoms with Crippen LogP contribution >= 0.6 is 23.8 Å². The minimum Gasteiger partial charge on any atom is -0.370 e. The van der Waals surface area contributed by atoms with Crippen LogP contribution in [0.2, 0.25) is 5.02 Å². The molecule has 1 heterocycles. The molecule has 2 aromatic rings. The smallest absolute Gasteiger partial charge is 0.370 e. The zero-order valence-corrected chi connectivity index (χ0v) is 16.9. The van der Waals surface area contributed by atoms with Gasteiger partial charge in [-0.25, -0.2) is 0 Å². The number of alkyl halides is 3. The maximum Gasteiger partial charge on any atom is 0.416 e. The molecule has 154 valence electrons. The summed E-state index contributed by atoms with van der Waals surface area (Å²) >= 11 is 11.2. The SMILES string of the molecule is O=C(NC(=S)Nc1cc(C(F)(F)F)ccc1N1CCCCC1)c1ccccc1Cl. The standard InChI is InChI=1S/C20H19ClF3N3OS/c21-15-7-3-2-6-14(15)18(28)26-19(29)25-16-12-13(20(22,23)24)8-9-17(16)27-10-4-1-5-11-27/h2-3,6-9,12H,1,4-5,10-11H2,(H2,25,26,28,29). The first-order valence-electron chi connectivity index (χ1n) is 9.09. The van der Waals surface area contributed by atoms with E-state index < -0.39 is 17.6 Å². The fourth-order valence-electron chi connectivity index (χ4n) is 3.19. The van der Waals surface area contributed by atoms with Gasteiger partial charge >= 0.3 is 6.18 Å². The van der Waals surface area contributed by atoms with E-state index >= 15 is 0 Å². The van der Waals surface area contributed by atoms with Gasteiger partial charge in [0.05, 0.1) is 27.5 Å². The summed E-state index contributed by atoms with van der Waals surface area (Å²) in [6, 6.07) is 9.94. The Balaban J connectivity index is 1.82. The van der Waals surface area contributed by atoms with E-state index in [1.54, 1.807) is 18.2 Å². The van der Waals surface area contributed by atoms with Crippen LogP contribution in [0.1, 0.15) is 35.2 Å². The van der Waals surface area contributed by atoms with Gasteiger partial charge < -0.3 is 10.2 Å². The second-order valence-electron chi connectivity index (χ2n) is 6.67. The van der Waals surface area contributed by atoms with E-state index in [9.17, 15) is 18.0 Å². The fourth-order valence-corrected chi connectivity index (χ4v) is 3.62. The van der Waals surface area contributed by atoms with Crippen molar-refractivity contribution in [2.24, 2.45) is 0 Å². The number of piperidine rings is 1. The minimum absolute atomic E-state index is 0.104. The number of nitrogens with one attached hydrogen (secondary N) is 2. The van der Waals surface area contributed by atoms with Crippen LogP contribution < -0.4 is 15.5 Å². The van der Waals surface area contributed by atoms with Gasteiger partial charge in [-0.1, -0.05) is 23.7 Å². The monoisotopic (exact) mass is 441 g/mol. The molecule has 1 fully saturated rings. The molecule has 2 N–H and O–H groups in total. The Morgan fingerprint density at radius 2 is 1.76 bits per heavy atom. The second kappa shape index (κ2) is 9.00. The van der Waals surface area contributed by atoms with Crippen LogP contribution in [0.3, 0.4) is 0 Å². The third-order valence-electron chi connectivity index (χ3n) is 4.61. The van der Waals surface area contributed by atoms with Crippen LogP contribution in [-0.2, 0) is 6.18 Å². The number of nitrogens with zero attached hydrogens (tertiary/aromatic N) is 1. The number of amides is 1. The largest absolute Gasteiger partial charge is 0.416 e. The zero-order valence-electron chi connectivity index (χ0n) is 15.4. The molecule has 0 aliphatic carbocycles. The summed E-state index contributed by atoms with van der Waals surface area (Å²) in [4.78, 5) is 14.4. The average Bonchev–Trinajstić information content (AvgIpc) is 2.68. The third kappa shape index (κ3) is 5.39. The number of hydrogen-bond acceptors (Lipinski definition) is 3.